The van der Waals surface area contributed by atoms with Crippen molar-refractivity contribution in [3.05, 3.63) is 36.2 Å². The Labute approximate surface area is 97.5 Å². The molecule has 6 heteroatoms. The highest BCUT2D eigenvalue weighted by atomic mass is 15.3. The molecule has 3 heterocycles. The Morgan fingerprint density at radius 1 is 1.35 bits per heavy atom. The molecule has 0 spiro atoms. The average Bonchev–Trinajstić information content (AvgIpc) is 2.88. The Hall–Kier alpha value is -2.37. The summed E-state index contributed by atoms with van der Waals surface area (Å²) in [5.74, 6) is 0.891. The highest BCUT2D eigenvalue weighted by molar-refractivity contribution is 5.86. The summed E-state index contributed by atoms with van der Waals surface area (Å²) in [7, 11) is 0. The van der Waals surface area contributed by atoms with Crippen molar-refractivity contribution in [2.24, 2.45) is 0 Å². The summed E-state index contributed by atoms with van der Waals surface area (Å²) in [5.41, 5.74) is 9.28. The monoisotopic (exact) mass is 228 g/mol. The second-order valence-electron chi connectivity index (χ2n) is 3.93. The number of aryl methyl sites for hydroxylation is 1. The van der Waals surface area contributed by atoms with Gasteiger partial charge in [-0.05, 0) is 13.0 Å². The van der Waals surface area contributed by atoms with Crippen LogP contribution in [0.5, 0.6) is 0 Å². The second-order valence-corrected chi connectivity index (χ2v) is 3.93. The quantitative estimate of drug-likeness (QED) is 0.687. The standard InChI is InChI=1S/C11H12N6/c1-7-14-4-8(16-7)6-17-11-9(12)2-3-13-10(11)5-15-17/h2-5H,6H2,1H3,(H2,12,13)(H,14,16). The minimum absolute atomic E-state index is 0.611. The summed E-state index contributed by atoms with van der Waals surface area (Å²) in [6, 6.07) is 1.78. The molecular formula is C11H12N6. The van der Waals surface area contributed by atoms with Crippen LogP contribution in [0.4, 0.5) is 5.69 Å². The van der Waals surface area contributed by atoms with Gasteiger partial charge in [0, 0.05) is 6.20 Å². The first kappa shape index (κ1) is 9.83. The third-order valence-electron chi connectivity index (χ3n) is 2.64. The van der Waals surface area contributed by atoms with E-state index in [4.69, 9.17) is 5.73 Å². The van der Waals surface area contributed by atoms with Crippen LogP contribution in [0.1, 0.15) is 11.5 Å². The third kappa shape index (κ3) is 1.63. The lowest BCUT2D eigenvalue weighted by Gasteiger charge is -2.03. The Bertz CT molecular complexity index is 665. The molecule has 0 saturated carbocycles. The van der Waals surface area contributed by atoms with Crippen LogP contribution in [0.3, 0.4) is 0 Å². The normalized spacial score (nSPS) is 11.1. The number of aromatic nitrogens is 5. The van der Waals surface area contributed by atoms with E-state index in [1.165, 1.54) is 0 Å². The van der Waals surface area contributed by atoms with Gasteiger partial charge < -0.3 is 10.7 Å². The molecule has 0 radical (unpaired) electrons. The van der Waals surface area contributed by atoms with Crippen molar-refractivity contribution in [2.45, 2.75) is 13.5 Å². The highest BCUT2D eigenvalue weighted by Gasteiger charge is 2.08. The minimum Gasteiger partial charge on any atom is -0.397 e. The maximum absolute atomic E-state index is 5.93. The summed E-state index contributed by atoms with van der Waals surface area (Å²) in [5, 5.41) is 4.29. The zero-order valence-corrected chi connectivity index (χ0v) is 9.38. The summed E-state index contributed by atoms with van der Waals surface area (Å²) in [6.07, 6.45) is 5.20. The van der Waals surface area contributed by atoms with Crippen LogP contribution in [0.25, 0.3) is 11.0 Å². The summed E-state index contributed by atoms with van der Waals surface area (Å²) in [4.78, 5) is 11.5. The van der Waals surface area contributed by atoms with Crippen molar-refractivity contribution < 1.29 is 0 Å². The number of rotatable bonds is 2. The Balaban J connectivity index is 2.06. The number of nitrogens with two attached hydrogens (primary N) is 1. The number of anilines is 1. The van der Waals surface area contributed by atoms with E-state index in [1.54, 1.807) is 24.7 Å². The number of hydrogen-bond acceptors (Lipinski definition) is 4. The fourth-order valence-electron chi connectivity index (χ4n) is 1.88. The van der Waals surface area contributed by atoms with E-state index in [-0.39, 0.29) is 0 Å². The van der Waals surface area contributed by atoms with Crippen LogP contribution in [-0.2, 0) is 6.54 Å². The van der Waals surface area contributed by atoms with Crippen molar-refractivity contribution in [3.8, 4) is 0 Å². The van der Waals surface area contributed by atoms with Crippen molar-refractivity contribution in [1.82, 2.24) is 24.7 Å². The van der Waals surface area contributed by atoms with Crippen LogP contribution in [0.2, 0.25) is 0 Å². The molecule has 0 aromatic carbocycles. The fraction of sp³-hybridized carbons (Fsp3) is 0.182. The van der Waals surface area contributed by atoms with Gasteiger partial charge in [-0.25, -0.2) is 4.98 Å². The molecule has 3 N–H and O–H groups in total. The first-order valence-electron chi connectivity index (χ1n) is 5.30. The number of H-pyrrole nitrogens is 1. The predicted octanol–water partition coefficient (Wildman–Crippen LogP) is 1.09. The van der Waals surface area contributed by atoms with Crippen molar-refractivity contribution in [2.75, 3.05) is 5.73 Å². The van der Waals surface area contributed by atoms with Gasteiger partial charge in [0.05, 0.1) is 30.3 Å². The van der Waals surface area contributed by atoms with Crippen LogP contribution >= 0.6 is 0 Å². The van der Waals surface area contributed by atoms with Gasteiger partial charge >= 0.3 is 0 Å². The lowest BCUT2D eigenvalue weighted by Crippen LogP contribution is -2.03. The molecular weight excluding hydrogens is 216 g/mol. The van der Waals surface area contributed by atoms with E-state index in [0.717, 1.165) is 22.6 Å². The lowest BCUT2D eigenvalue weighted by atomic mass is 10.3. The number of nitrogen functional groups attached to an aromatic ring is 1. The van der Waals surface area contributed by atoms with Gasteiger partial charge in [-0.1, -0.05) is 0 Å². The largest absolute Gasteiger partial charge is 0.397 e. The van der Waals surface area contributed by atoms with Crippen LogP contribution < -0.4 is 5.73 Å². The third-order valence-corrected chi connectivity index (χ3v) is 2.64. The van der Waals surface area contributed by atoms with E-state index in [9.17, 15) is 0 Å². The first-order valence-corrected chi connectivity index (χ1v) is 5.30. The number of hydrogen-bond donors (Lipinski definition) is 2. The molecule has 0 saturated heterocycles. The number of nitrogens with zero attached hydrogens (tertiary/aromatic N) is 4. The number of pyridine rings is 1. The molecule has 0 fully saturated rings. The van der Waals surface area contributed by atoms with Crippen LogP contribution in [-0.4, -0.2) is 24.7 Å². The Morgan fingerprint density at radius 2 is 2.24 bits per heavy atom. The molecule has 0 atom stereocenters. The minimum atomic E-state index is 0.611. The van der Waals surface area contributed by atoms with Gasteiger partial charge in [-0.15, -0.1) is 0 Å². The maximum atomic E-state index is 5.93. The molecule has 0 unspecified atom stereocenters. The summed E-state index contributed by atoms with van der Waals surface area (Å²) >= 11 is 0. The SMILES string of the molecule is Cc1ncc(Cn2ncc3nccc(N)c32)[nH]1. The van der Waals surface area contributed by atoms with E-state index >= 15 is 0 Å². The fourth-order valence-corrected chi connectivity index (χ4v) is 1.88. The summed E-state index contributed by atoms with van der Waals surface area (Å²) < 4.78 is 1.82. The predicted molar refractivity (Wildman–Crippen MR) is 64.4 cm³/mol. The van der Waals surface area contributed by atoms with Crippen molar-refractivity contribution >= 4 is 16.7 Å². The zero-order valence-electron chi connectivity index (χ0n) is 9.38. The Kier molecular flexibility index (Phi) is 2.07. The average molecular weight is 228 g/mol. The molecule has 0 bridgehead atoms. The molecule has 3 aromatic heterocycles. The van der Waals surface area contributed by atoms with Gasteiger partial charge in [0.25, 0.3) is 0 Å². The smallest absolute Gasteiger partial charge is 0.110 e. The molecule has 6 nitrogen and oxygen atoms in total. The number of fused-ring (bicyclic) bond motifs is 1. The van der Waals surface area contributed by atoms with Crippen LogP contribution in [0.15, 0.2) is 24.7 Å². The van der Waals surface area contributed by atoms with E-state index in [1.807, 2.05) is 11.6 Å². The molecule has 0 amide bonds. The zero-order chi connectivity index (χ0) is 11.8. The number of imidazole rings is 1. The van der Waals surface area contributed by atoms with Crippen molar-refractivity contribution in [3.63, 3.8) is 0 Å². The molecule has 0 aliphatic rings. The second kappa shape index (κ2) is 3.58. The maximum Gasteiger partial charge on any atom is 0.110 e. The molecule has 0 aliphatic heterocycles. The van der Waals surface area contributed by atoms with E-state index in [0.29, 0.717) is 12.2 Å². The Morgan fingerprint density at radius 3 is 3.00 bits per heavy atom. The lowest BCUT2D eigenvalue weighted by molar-refractivity contribution is 0.699. The van der Waals surface area contributed by atoms with E-state index < -0.39 is 0 Å². The molecule has 17 heavy (non-hydrogen) atoms. The summed E-state index contributed by atoms with van der Waals surface area (Å²) in [6.45, 7) is 2.53. The van der Waals surface area contributed by atoms with Gasteiger partial charge in [0.15, 0.2) is 0 Å². The first-order chi connectivity index (χ1) is 8.24. The molecule has 0 aliphatic carbocycles. The number of nitrogens with one attached hydrogen (secondary N) is 1. The van der Waals surface area contributed by atoms with Gasteiger partial charge in [0.2, 0.25) is 0 Å². The topological polar surface area (TPSA) is 85.4 Å². The molecule has 3 aromatic rings. The molecule has 3 rings (SSSR count). The van der Waals surface area contributed by atoms with Gasteiger partial charge in [0.1, 0.15) is 16.9 Å². The van der Waals surface area contributed by atoms with E-state index in [2.05, 4.69) is 20.1 Å². The van der Waals surface area contributed by atoms with Crippen LogP contribution in [0, 0.1) is 6.92 Å². The molecule has 86 valence electrons. The number of aromatic amines is 1. The van der Waals surface area contributed by atoms with Gasteiger partial charge in [-0.2, -0.15) is 5.10 Å². The van der Waals surface area contributed by atoms with Gasteiger partial charge in [-0.3, -0.25) is 9.67 Å². The van der Waals surface area contributed by atoms with Crippen molar-refractivity contribution in [1.29, 1.82) is 0 Å². The highest BCUT2D eigenvalue weighted by Crippen LogP contribution is 2.18.